The van der Waals surface area contributed by atoms with Crippen LogP contribution in [0.25, 0.3) is 74.5 Å². The van der Waals surface area contributed by atoms with Crippen molar-refractivity contribution in [1.29, 1.82) is 0 Å². The van der Waals surface area contributed by atoms with Gasteiger partial charge in [-0.15, -0.1) is 22.7 Å². The van der Waals surface area contributed by atoms with Crippen LogP contribution in [-0.2, 0) is 10.8 Å². The van der Waals surface area contributed by atoms with Gasteiger partial charge in [0, 0.05) is 64.2 Å². The number of furan rings is 1. The van der Waals surface area contributed by atoms with E-state index in [1.807, 2.05) is 22.7 Å². The Balaban J connectivity index is 1.23. The van der Waals surface area contributed by atoms with Crippen molar-refractivity contribution in [3.63, 3.8) is 0 Å². The average Bonchev–Trinajstić information content (AvgIpc) is 3.99. The van der Waals surface area contributed by atoms with Gasteiger partial charge < -0.3 is 14.1 Å². The summed E-state index contributed by atoms with van der Waals surface area (Å²) < 4.78 is 10.6. The molecule has 0 N–H and O–H groups in total. The number of anilines is 5. The smallest absolute Gasteiger partial charge is 0.334 e. The van der Waals surface area contributed by atoms with E-state index in [2.05, 4.69) is 215 Å². The number of nitrogens with zero attached hydrogens (tertiary/aromatic N) is 2. The Bertz CT molecular complexity index is 3710. The summed E-state index contributed by atoms with van der Waals surface area (Å²) in [4.78, 5) is 5.33. The molecule has 11 aromatic rings. The number of fused-ring (bicyclic) bond motifs is 13. The van der Waals surface area contributed by atoms with E-state index in [-0.39, 0.29) is 17.7 Å². The van der Waals surface area contributed by atoms with Crippen molar-refractivity contribution in [3.8, 4) is 22.3 Å². The third kappa shape index (κ3) is 5.45. The summed E-state index contributed by atoms with van der Waals surface area (Å²) in [6, 6.07) is 61.6. The van der Waals surface area contributed by atoms with Crippen LogP contribution >= 0.6 is 22.7 Å². The number of hydrogen-bond donors (Lipinski definition) is 0. The third-order valence-corrected chi connectivity index (χ3v) is 16.1. The first-order valence-corrected chi connectivity index (χ1v) is 24.0. The minimum absolute atomic E-state index is 0.0191. The second kappa shape index (κ2) is 13.5. The lowest BCUT2D eigenvalue weighted by atomic mass is 9.43. The van der Waals surface area contributed by atoms with Gasteiger partial charge in [0.25, 0.3) is 0 Å². The summed E-state index contributed by atoms with van der Waals surface area (Å²) in [5, 5.41) is 7.44. The maximum absolute atomic E-state index is 6.73. The van der Waals surface area contributed by atoms with Crippen LogP contribution in [0.4, 0.5) is 27.8 Å². The zero-order chi connectivity index (χ0) is 43.2. The molecule has 13 rings (SSSR count). The van der Waals surface area contributed by atoms with E-state index in [1.165, 1.54) is 90.9 Å². The van der Waals surface area contributed by atoms with E-state index < -0.39 is 0 Å². The predicted octanol–water partition coefficient (Wildman–Crippen LogP) is 16.1. The molecule has 64 heavy (non-hydrogen) atoms. The first-order valence-electron chi connectivity index (χ1n) is 22.4. The summed E-state index contributed by atoms with van der Waals surface area (Å²) in [5.74, 6) is 0. The van der Waals surface area contributed by atoms with E-state index in [0.29, 0.717) is 0 Å². The van der Waals surface area contributed by atoms with Crippen LogP contribution < -0.4 is 20.6 Å². The molecule has 0 spiro atoms. The monoisotopic (exact) mass is 860 g/mol. The van der Waals surface area contributed by atoms with Crippen molar-refractivity contribution in [3.05, 3.63) is 175 Å². The Kier molecular flexibility index (Phi) is 7.98. The molecule has 0 amide bonds. The molecule has 0 saturated heterocycles. The van der Waals surface area contributed by atoms with Crippen molar-refractivity contribution in [2.45, 2.75) is 52.4 Å². The Labute approximate surface area is 381 Å². The molecule has 0 unspecified atom stereocenters. The van der Waals surface area contributed by atoms with Crippen LogP contribution in [0.1, 0.15) is 52.7 Å². The lowest BCUT2D eigenvalue weighted by molar-refractivity contribution is 0.590. The number of thiophene rings is 2. The van der Waals surface area contributed by atoms with Gasteiger partial charge in [0.1, 0.15) is 11.2 Å². The van der Waals surface area contributed by atoms with E-state index in [0.717, 1.165) is 33.3 Å². The lowest BCUT2D eigenvalue weighted by Gasteiger charge is -2.45. The van der Waals surface area contributed by atoms with Gasteiger partial charge in [-0.2, -0.15) is 0 Å². The minimum Gasteiger partial charge on any atom is -0.456 e. The maximum Gasteiger partial charge on any atom is 0.334 e. The first kappa shape index (κ1) is 37.9. The summed E-state index contributed by atoms with van der Waals surface area (Å²) in [5.41, 5.74) is 16.8. The molecular formula is C58H45BN2OS2. The van der Waals surface area contributed by atoms with E-state index in [9.17, 15) is 0 Å². The van der Waals surface area contributed by atoms with Crippen molar-refractivity contribution in [2.75, 3.05) is 9.71 Å². The number of hydrogen-bond acceptors (Lipinski definition) is 5. The Morgan fingerprint density at radius 2 is 1.12 bits per heavy atom. The molecular weight excluding hydrogens is 816 g/mol. The summed E-state index contributed by atoms with van der Waals surface area (Å²) in [7, 11) is 0. The fraction of sp³-hybridized carbons (Fsp3) is 0.138. The fourth-order valence-electron chi connectivity index (χ4n) is 10.6. The van der Waals surface area contributed by atoms with Gasteiger partial charge >= 0.3 is 6.85 Å². The molecule has 2 aliphatic heterocycles. The first-order chi connectivity index (χ1) is 31.0. The Morgan fingerprint density at radius 3 is 1.88 bits per heavy atom. The largest absolute Gasteiger partial charge is 0.456 e. The summed E-state index contributed by atoms with van der Waals surface area (Å²) >= 11 is 3.83. The van der Waals surface area contributed by atoms with Crippen LogP contribution in [0.2, 0.25) is 0 Å². The molecule has 0 aliphatic carbocycles. The average molecular weight is 861 g/mol. The van der Waals surface area contributed by atoms with E-state index in [4.69, 9.17) is 4.42 Å². The topological polar surface area (TPSA) is 19.6 Å². The van der Waals surface area contributed by atoms with E-state index >= 15 is 0 Å². The molecule has 0 bridgehead atoms. The van der Waals surface area contributed by atoms with Crippen molar-refractivity contribution >= 4 is 120 Å². The van der Waals surface area contributed by atoms with Gasteiger partial charge in [0.2, 0.25) is 0 Å². The molecule has 0 fully saturated rings. The van der Waals surface area contributed by atoms with Gasteiger partial charge in [0.15, 0.2) is 0 Å². The molecule has 8 aromatic carbocycles. The van der Waals surface area contributed by atoms with Crippen LogP contribution in [-0.4, -0.2) is 6.85 Å². The quantitative estimate of drug-likeness (QED) is 0.165. The highest BCUT2D eigenvalue weighted by Gasteiger charge is 2.48. The second-order valence-electron chi connectivity index (χ2n) is 19.7. The molecule has 6 heteroatoms. The van der Waals surface area contributed by atoms with Gasteiger partial charge in [-0.1, -0.05) is 145 Å². The third-order valence-electron chi connectivity index (χ3n) is 13.8. The predicted molar refractivity (Wildman–Crippen MR) is 279 cm³/mol. The Morgan fingerprint density at radius 1 is 0.469 bits per heavy atom. The second-order valence-corrected chi connectivity index (χ2v) is 21.8. The molecule has 3 aromatic heterocycles. The normalized spacial score (nSPS) is 13.7. The van der Waals surface area contributed by atoms with Gasteiger partial charge in [0.05, 0.1) is 16.4 Å². The number of benzene rings is 8. The van der Waals surface area contributed by atoms with Crippen molar-refractivity contribution in [2.24, 2.45) is 0 Å². The number of rotatable bonds is 3. The van der Waals surface area contributed by atoms with Crippen LogP contribution in [0.3, 0.4) is 0 Å². The zero-order valence-electron chi connectivity index (χ0n) is 36.8. The molecule has 308 valence electrons. The Hall–Kier alpha value is -6.60. The number of para-hydroxylation sites is 1. The fourth-order valence-corrected chi connectivity index (χ4v) is 13.0. The highest BCUT2D eigenvalue weighted by molar-refractivity contribution is 7.27. The maximum atomic E-state index is 6.73. The molecule has 0 atom stereocenters. The molecule has 2 aliphatic rings. The van der Waals surface area contributed by atoms with Gasteiger partial charge in [-0.05, 0) is 104 Å². The summed E-state index contributed by atoms with van der Waals surface area (Å²) in [6.07, 6.45) is 0. The van der Waals surface area contributed by atoms with Crippen LogP contribution in [0.15, 0.2) is 168 Å². The van der Waals surface area contributed by atoms with E-state index in [1.54, 1.807) is 0 Å². The highest BCUT2D eigenvalue weighted by Crippen LogP contribution is 2.56. The van der Waals surface area contributed by atoms with Crippen molar-refractivity contribution in [1.82, 2.24) is 0 Å². The molecule has 0 radical (unpaired) electrons. The molecule has 5 heterocycles. The zero-order valence-corrected chi connectivity index (χ0v) is 38.4. The lowest BCUT2D eigenvalue weighted by Crippen LogP contribution is -2.61. The summed E-state index contributed by atoms with van der Waals surface area (Å²) in [6.45, 7) is 13.7. The van der Waals surface area contributed by atoms with Gasteiger partial charge in [-0.25, -0.2) is 0 Å². The van der Waals surface area contributed by atoms with Gasteiger partial charge in [-0.3, -0.25) is 0 Å². The highest BCUT2D eigenvalue weighted by atomic mass is 32.1. The molecule has 3 nitrogen and oxygen atoms in total. The van der Waals surface area contributed by atoms with Crippen molar-refractivity contribution < 1.29 is 4.42 Å². The van der Waals surface area contributed by atoms with Crippen LogP contribution in [0.5, 0.6) is 0 Å². The minimum atomic E-state index is -0.140. The standard InChI is InChI=1S/C58H45BN2OS2/c1-57(2,3)35-24-27-37(28-25-35)61-46-33-48-43(38-18-10-13-21-47(38)62-48)31-42(46)44-32-51-52(39-19-11-14-22-49(39)63-51)55-53(44)59(61)54-40-20-12-15-23-50(40)64-56(54)60(55)45-29-26-36(58(4,5)6)30-41(45)34-16-8-7-9-17-34/h7-33H,1-6H3. The van der Waals surface area contributed by atoms with Crippen LogP contribution in [0, 0.1) is 0 Å². The SMILES string of the molecule is CC(C)(C)c1ccc(N2B3c4c(cc5sc6ccccc6c5c4N(c4ccc(C(C)(C)C)cc4-c4ccccc4)c4sc5ccccc5c43)-c3cc4c(cc32)oc2ccccc24)cc1. The molecule has 0 saturated carbocycles.